The van der Waals surface area contributed by atoms with Crippen LogP contribution in [0.5, 0.6) is 0 Å². The minimum absolute atomic E-state index is 0.146. The van der Waals surface area contributed by atoms with Gasteiger partial charge in [0.2, 0.25) is 0 Å². The predicted octanol–water partition coefficient (Wildman–Crippen LogP) is 2.50. The first-order valence-corrected chi connectivity index (χ1v) is 5.00. The molecule has 0 spiro atoms. The Labute approximate surface area is 86.3 Å². The second-order valence-electron chi connectivity index (χ2n) is 2.78. The molecule has 0 saturated heterocycles. The molecular formula is C10H12BrNO. The number of Topliss-reactive ketones (excluding diaryl/α,β-unsaturated/α-hetero) is 1. The van der Waals surface area contributed by atoms with Crippen LogP contribution in [0.1, 0.15) is 29.3 Å². The highest BCUT2D eigenvalue weighted by Gasteiger charge is 2.08. The number of nitrogens with two attached hydrogens (primary N) is 1. The number of hydrogen-bond donors (Lipinski definition) is 1. The van der Waals surface area contributed by atoms with E-state index in [9.17, 15) is 4.79 Å². The average Bonchev–Trinajstić information content (AvgIpc) is 2.16. The maximum atomic E-state index is 11.4. The zero-order chi connectivity index (χ0) is 9.84. The zero-order valence-corrected chi connectivity index (χ0v) is 9.10. The maximum absolute atomic E-state index is 11.4. The average molecular weight is 242 g/mol. The van der Waals surface area contributed by atoms with Crippen LogP contribution >= 0.6 is 15.9 Å². The molecule has 0 aliphatic rings. The Morgan fingerprint density at radius 1 is 1.54 bits per heavy atom. The van der Waals surface area contributed by atoms with E-state index in [2.05, 4.69) is 15.9 Å². The fourth-order valence-electron chi connectivity index (χ4n) is 1.19. The number of rotatable bonds is 3. The van der Waals surface area contributed by atoms with Crippen LogP contribution in [-0.4, -0.2) is 5.78 Å². The van der Waals surface area contributed by atoms with Crippen molar-refractivity contribution in [2.45, 2.75) is 19.9 Å². The van der Waals surface area contributed by atoms with E-state index in [0.717, 1.165) is 15.6 Å². The fraction of sp³-hybridized carbons (Fsp3) is 0.300. The number of carbonyl (C=O) groups excluding carboxylic acids is 1. The molecule has 0 aliphatic heterocycles. The summed E-state index contributed by atoms with van der Waals surface area (Å²) < 4.78 is 0.959. The summed E-state index contributed by atoms with van der Waals surface area (Å²) in [4.78, 5) is 11.4. The van der Waals surface area contributed by atoms with Gasteiger partial charge in [-0.25, -0.2) is 0 Å². The normalized spacial score (nSPS) is 10.1. The molecule has 0 amide bonds. The van der Waals surface area contributed by atoms with Gasteiger partial charge >= 0.3 is 0 Å². The SMILES string of the molecule is CCC(=O)c1ccc(Br)cc1CN. The van der Waals surface area contributed by atoms with Crippen molar-refractivity contribution >= 4 is 21.7 Å². The molecular weight excluding hydrogens is 230 g/mol. The Morgan fingerprint density at radius 3 is 2.77 bits per heavy atom. The summed E-state index contributed by atoms with van der Waals surface area (Å²) in [5.74, 6) is 0.146. The lowest BCUT2D eigenvalue weighted by Gasteiger charge is -2.05. The van der Waals surface area contributed by atoms with Gasteiger partial charge in [0, 0.05) is 23.0 Å². The topological polar surface area (TPSA) is 43.1 Å². The van der Waals surface area contributed by atoms with Gasteiger partial charge in [-0.05, 0) is 23.8 Å². The van der Waals surface area contributed by atoms with Crippen molar-refractivity contribution in [1.82, 2.24) is 0 Å². The summed E-state index contributed by atoms with van der Waals surface area (Å²) in [5, 5.41) is 0. The van der Waals surface area contributed by atoms with E-state index in [-0.39, 0.29) is 5.78 Å². The third-order valence-corrected chi connectivity index (χ3v) is 2.40. The Bertz CT molecular complexity index is 323. The smallest absolute Gasteiger partial charge is 0.162 e. The molecule has 1 aromatic rings. The quantitative estimate of drug-likeness (QED) is 0.827. The van der Waals surface area contributed by atoms with E-state index in [0.29, 0.717) is 13.0 Å². The summed E-state index contributed by atoms with van der Waals surface area (Å²) in [5.41, 5.74) is 7.19. The highest BCUT2D eigenvalue weighted by Crippen LogP contribution is 2.17. The molecule has 13 heavy (non-hydrogen) atoms. The second kappa shape index (κ2) is 4.53. The van der Waals surface area contributed by atoms with Crippen molar-refractivity contribution < 1.29 is 4.79 Å². The lowest BCUT2D eigenvalue weighted by molar-refractivity contribution is 0.0987. The van der Waals surface area contributed by atoms with Gasteiger partial charge in [-0.1, -0.05) is 22.9 Å². The van der Waals surface area contributed by atoms with E-state index < -0.39 is 0 Å². The molecule has 0 saturated carbocycles. The van der Waals surface area contributed by atoms with E-state index in [1.54, 1.807) is 0 Å². The van der Waals surface area contributed by atoms with Gasteiger partial charge in [-0.2, -0.15) is 0 Å². The van der Waals surface area contributed by atoms with Gasteiger partial charge in [0.25, 0.3) is 0 Å². The van der Waals surface area contributed by atoms with Gasteiger partial charge < -0.3 is 5.73 Å². The van der Waals surface area contributed by atoms with Crippen LogP contribution in [0.3, 0.4) is 0 Å². The molecule has 3 heteroatoms. The van der Waals surface area contributed by atoms with Crippen molar-refractivity contribution in [2.24, 2.45) is 5.73 Å². The number of hydrogen-bond acceptors (Lipinski definition) is 2. The molecule has 70 valence electrons. The molecule has 1 rings (SSSR count). The summed E-state index contributed by atoms with van der Waals surface area (Å²) in [6.07, 6.45) is 0.522. The molecule has 0 aromatic heterocycles. The first kappa shape index (κ1) is 10.4. The van der Waals surface area contributed by atoms with Crippen LogP contribution in [0.25, 0.3) is 0 Å². The number of carbonyl (C=O) groups is 1. The Morgan fingerprint density at radius 2 is 2.23 bits per heavy atom. The number of halogens is 1. The number of benzene rings is 1. The van der Waals surface area contributed by atoms with Crippen LogP contribution in [0.15, 0.2) is 22.7 Å². The predicted molar refractivity (Wildman–Crippen MR) is 56.7 cm³/mol. The molecule has 1 aromatic carbocycles. The highest BCUT2D eigenvalue weighted by molar-refractivity contribution is 9.10. The molecule has 0 aliphatic carbocycles. The van der Waals surface area contributed by atoms with Gasteiger partial charge in [0.05, 0.1) is 0 Å². The molecule has 0 radical (unpaired) electrons. The Balaban J connectivity index is 3.13. The first-order valence-electron chi connectivity index (χ1n) is 4.20. The summed E-state index contributed by atoms with van der Waals surface area (Å²) in [6.45, 7) is 2.26. The Kier molecular flexibility index (Phi) is 3.63. The van der Waals surface area contributed by atoms with Crippen LogP contribution in [0.4, 0.5) is 0 Å². The van der Waals surface area contributed by atoms with Crippen LogP contribution in [0, 0.1) is 0 Å². The first-order chi connectivity index (χ1) is 6.19. The lowest BCUT2D eigenvalue weighted by Crippen LogP contribution is -2.06. The highest BCUT2D eigenvalue weighted by atomic mass is 79.9. The minimum atomic E-state index is 0.146. The molecule has 0 bridgehead atoms. The van der Waals surface area contributed by atoms with Gasteiger partial charge in [-0.15, -0.1) is 0 Å². The molecule has 2 N–H and O–H groups in total. The van der Waals surface area contributed by atoms with E-state index in [1.165, 1.54) is 0 Å². The second-order valence-corrected chi connectivity index (χ2v) is 3.70. The van der Waals surface area contributed by atoms with Crippen LogP contribution in [-0.2, 0) is 6.54 Å². The van der Waals surface area contributed by atoms with Crippen molar-refractivity contribution in [2.75, 3.05) is 0 Å². The van der Waals surface area contributed by atoms with Crippen molar-refractivity contribution in [1.29, 1.82) is 0 Å². The summed E-state index contributed by atoms with van der Waals surface area (Å²) >= 11 is 3.34. The van der Waals surface area contributed by atoms with Gasteiger partial charge in [-0.3, -0.25) is 4.79 Å². The molecule has 0 unspecified atom stereocenters. The largest absolute Gasteiger partial charge is 0.326 e. The van der Waals surface area contributed by atoms with Crippen LogP contribution < -0.4 is 5.73 Å². The van der Waals surface area contributed by atoms with E-state index >= 15 is 0 Å². The molecule has 0 atom stereocenters. The third kappa shape index (κ3) is 2.39. The van der Waals surface area contributed by atoms with Crippen molar-refractivity contribution in [3.8, 4) is 0 Å². The summed E-state index contributed by atoms with van der Waals surface area (Å²) in [6, 6.07) is 5.57. The van der Waals surface area contributed by atoms with E-state index in [1.807, 2.05) is 25.1 Å². The minimum Gasteiger partial charge on any atom is -0.326 e. The van der Waals surface area contributed by atoms with Gasteiger partial charge in [0.1, 0.15) is 0 Å². The Hall–Kier alpha value is -0.670. The van der Waals surface area contributed by atoms with E-state index in [4.69, 9.17) is 5.73 Å². The van der Waals surface area contributed by atoms with Crippen LogP contribution in [0.2, 0.25) is 0 Å². The van der Waals surface area contributed by atoms with Crippen molar-refractivity contribution in [3.63, 3.8) is 0 Å². The zero-order valence-electron chi connectivity index (χ0n) is 7.51. The molecule has 0 heterocycles. The summed E-state index contributed by atoms with van der Waals surface area (Å²) in [7, 11) is 0. The fourth-order valence-corrected chi connectivity index (χ4v) is 1.60. The lowest BCUT2D eigenvalue weighted by atomic mass is 10.0. The standard InChI is InChI=1S/C10H12BrNO/c1-2-10(13)9-4-3-8(11)5-7(9)6-12/h3-5H,2,6,12H2,1H3. The number of ketones is 1. The van der Waals surface area contributed by atoms with Crippen molar-refractivity contribution in [3.05, 3.63) is 33.8 Å². The van der Waals surface area contributed by atoms with Gasteiger partial charge in [0.15, 0.2) is 5.78 Å². The molecule has 0 fully saturated rings. The molecule has 2 nitrogen and oxygen atoms in total. The maximum Gasteiger partial charge on any atom is 0.162 e. The third-order valence-electron chi connectivity index (χ3n) is 1.91. The monoisotopic (exact) mass is 241 g/mol.